The van der Waals surface area contributed by atoms with Gasteiger partial charge in [0.1, 0.15) is 0 Å². The van der Waals surface area contributed by atoms with Crippen LogP contribution in [0.4, 0.5) is 4.79 Å². The molecule has 1 aromatic carbocycles. The predicted molar refractivity (Wildman–Crippen MR) is 88.8 cm³/mol. The maximum absolute atomic E-state index is 12.0. The van der Waals surface area contributed by atoms with Crippen LogP contribution < -0.4 is 10.6 Å². The van der Waals surface area contributed by atoms with Crippen molar-refractivity contribution in [1.82, 2.24) is 10.6 Å². The molecule has 3 N–H and O–H groups in total. The molecule has 1 aliphatic carbocycles. The van der Waals surface area contributed by atoms with Crippen LogP contribution in [-0.2, 0) is 6.42 Å². The Morgan fingerprint density at radius 3 is 2.64 bits per heavy atom. The van der Waals surface area contributed by atoms with Gasteiger partial charge in [0.15, 0.2) is 0 Å². The average Bonchev–Trinajstić information content (AvgIpc) is 2.92. The molecular formula is C18H28N2O2. The fourth-order valence-electron chi connectivity index (χ4n) is 3.01. The first kappa shape index (κ1) is 16.8. The zero-order valence-electron chi connectivity index (χ0n) is 13.6. The van der Waals surface area contributed by atoms with Crippen LogP contribution in [0, 0.1) is 12.8 Å². The molecule has 1 aromatic rings. The number of nitrogens with one attached hydrogen (secondary N) is 2. The average molecular weight is 304 g/mol. The van der Waals surface area contributed by atoms with Gasteiger partial charge in [-0.3, -0.25) is 0 Å². The Morgan fingerprint density at radius 1 is 1.32 bits per heavy atom. The third-order valence-corrected chi connectivity index (χ3v) is 4.50. The summed E-state index contributed by atoms with van der Waals surface area (Å²) in [6.45, 7) is 4.82. The number of benzene rings is 1. The first-order valence-electron chi connectivity index (χ1n) is 8.34. The first-order chi connectivity index (χ1) is 10.6. The molecule has 1 aliphatic rings. The Morgan fingerprint density at radius 2 is 2.05 bits per heavy atom. The molecule has 0 saturated heterocycles. The number of aliphatic hydroxyl groups excluding tert-OH is 1. The molecule has 122 valence electrons. The van der Waals surface area contributed by atoms with Gasteiger partial charge in [-0.1, -0.05) is 36.8 Å². The van der Waals surface area contributed by atoms with Crippen LogP contribution in [0.15, 0.2) is 24.3 Å². The monoisotopic (exact) mass is 304 g/mol. The van der Waals surface area contributed by atoms with E-state index in [1.54, 1.807) is 0 Å². The number of amides is 2. The predicted octanol–water partition coefficient (Wildman–Crippen LogP) is 2.78. The van der Waals surface area contributed by atoms with Gasteiger partial charge in [0.2, 0.25) is 0 Å². The fraction of sp³-hybridized carbons (Fsp3) is 0.611. The highest BCUT2D eigenvalue weighted by Crippen LogP contribution is 2.24. The van der Waals surface area contributed by atoms with Crippen LogP contribution in [0.25, 0.3) is 0 Å². The molecule has 1 saturated carbocycles. The van der Waals surface area contributed by atoms with Gasteiger partial charge in [-0.25, -0.2) is 4.79 Å². The topological polar surface area (TPSA) is 61.4 Å². The van der Waals surface area contributed by atoms with Gasteiger partial charge < -0.3 is 15.7 Å². The minimum Gasteiger partial charge on any atom is -0.393 e. The Bertz CT molecular complexity index is 472. The number of hydrogen-bond acceptors (Lipinski definition) is 2. The molecular weight excluding hydrogens is 276 g/mol. The molecule has 0 bridgehead atoms. The van der Waals surface area contributed by atoms with E-state index < -0.39 is 0 Å². The van der Waals surface area contributed by atoms with Crippen LogP contribution >= 0.6 is 0 Å². The zero-order valence-corrected chi connectivity index (χ0v) is 13.6. The lowest BCUT2D eigenvalue weighted by Gasteiger charge is -2.19. The van der Waals surface area contributed by atoms with E-state index in [0.29, 0.717) is 12.5 Å². The largest absolute Gasteiger partial charge is 0.393 e. The van der Waals surface area contributed by atoms with Crippen molar-refractivity contribution in [3.63, 3.8) is 0 Å². The smallest absolute Gasteiger partial charge is 0.315 e. The summed E-state index contributed by atoms with van der Waals surface area (Å²) in [4.78, 5) is 12.0. The van der Waals surface area contributed by atoms with E-state index >= 15 is 0 Å². The van der Waals surface area contributed by atoms with Crippen LogP contribution in [0.2, 0.25) is 0 Å². The molecule has 0 radical (unpaired) electrons. The summed E-state index contributed by atoms with van der Waals surface area (Å²) in [6.07, 6.45) is 4.25. The van der Waals surface area contributed by atoms with Gasteiger partial charge in [-0.05, 0) is 50.5 Å². The van der Waals surface area contributed by atoms with E-state index in [4.69, 9.17) is 0 Å². The van der Waals surface area contributed by atoms with Gasteiger partial charge in [0.05, 0.1) is 6.10 Å². The number of carbonyl (C=O) groups is 1. The summed E-state index contributed by atoms with van der Waals surface area (Å²) in [7, 11) is 0. The van der Waals surface area contributed by atoms with E-state index in [-0.39, 0.29) is 18.2 Å². The molecule has 0 aliphatic heterocycles. The summed E-state index contributed by atoms with van der Waals surface area (Å²) < 4.78 is 0. The van der Waals surface area contributed by atoms with Crippen LogP contribution in [0.5, 0.6) is 0 Å². The zero-order chi connectivity index (χ0) is 15.9. The van der Waals surface area contributed by atoms with E-state index in [1.807, 2.05) is 0 Å². The van der Waals surface area contributed by atoms with Crippen molar-refractivity contribution in [3.8, 4) is 0 Å². The van der Waals surface area contributed by atoms with Crippen molar-refractivity contribution in [3.05, 3.63) is 35.4 Å². The van der Waals surface area contributed by atoms with Gasteiger partial charge in [0, 0.05) is 12.6 Å². The van der Waals surface area contributed by atoms with E-state index in [0.717, 1.165) is 32.1 Å². The Labute approximate surface area is 133 Å². The van der Waals surface area contributed by atoms with Crippen molar-refractivity contribution in [2.45, 2.75) is 58.1 Å². The SMILES string of the molecule is CC[C@H](Cc1ccc(C)cc1)NC(=O)NC[C@@H]1CC[C@@H](O)C1. The summed E-state index contributed by atoms with van der Waals surface area (Å²) in [5.41, 5.74) is 2.50. The maximum atomic E-state index is 12.0. The summed E-state index contributed by atoms with van der Waals surface area (Å²) in [6, 6.07) is 8.51. The molecule has 22 heavy (non-hydrogen) atoms. The normalized spacial score (nSPS) is 22.3. The third kappa shape index (κ3) is 5.34. The second-order valence-electron chi connectivity index (χ2n) is 6.48. The highest BCUT2D eigenvalue weighted by atomic mass is 16.3. The molecule has 0 unspecified atom stereocenters. The molecule has 4 heteroatoms. The van der Waals surface area contributed by atoms with Crippen molar-refractivity contribution in [1.29, 1.82) is 0 Å². The molecule has 4 nitrogen and oxygen atoms in total. The van der Waals surface area contributed by atoms with Crippen LogP contribution in [-0.4, -0.2) is 29.8 Å². The lowest BCUT2D eigenvalue weighted by Crippen LogP contribution is -2.44. The van der Waals surface area contributed by atoms with Gasteiger partial charge in [-0.2, -0.15) is 0 Å². The minimum absolute atomic E-state index is 0.0969. The fourth-order valence-corrected chi connectivity index (χ4v) is 3.01. The number of aryl methyl sites for hydroxylation is 1. The second-order valence-corrected chi connectivity index (χ2v) is 6.48. The third-order valence-electron chi connectivity index (χ3n) is 4.50. The molecule has 3 atom stereocenters. The van der Waals surface area contributed by atoms with Gasteiger partial charge >= 0.3 is 6.03 Å². The van der Waals surface area contributed by atoms with Gasteiger partial charge in [0.25, 0.3) is 0 Å². The summed E-state index contributed by atoms with van der Waals surface area (Å²) in [5.74, 6) is 0.415. The first-order valence-corrected chi connectivity index (χ1v) is 8.34. The Balaban J connectivity index is 1.74. The molecule has 0 heterocycles. The molecule has 1 fully saturated rings. The highest BCUT2D eigenvalue weighted by molar-refractivity contribution is 5.74. The lowest BCUT2D eigenvalue weighted by atomic mass is 10.0. The molecule has 2 rings (SSSR count). The Kier molecular flexibility index (Phi) is 6.25. The van der Waals surface area contributed by atoms with Crippen molar-refractivity contribution in [2.24, 2.45) is 5.92 Å². The lowest BCUT2D eigenvalue weighted by molar-refractivity contribution is 0.177. The minimum atomic E-state index is -0.181. The van der Waals surface area contributed by atoms with E-state index in [1.165, 1.54) is 11.1 Å². The van der Waals surface area contributed by atoms with Gasteiger partial charge in [-0.15, -0.1) is 0 Å². The van der Waals surface area contributed by atoms with Crippen LogP contribution in [0.3, 0.4) is 0 Å². The quantitative estimate of drug-likeness (QED) is 0.757. The van der Waals surface area contributed by atoms with E-state index in [2.05, 4.69) is 48.7 Å². The summed E-state index contributed by atoms with van der Waals surface area (Å²) in [5, 5.41) is 15.5. The molecule has 0 aromatic heterocycles. The molecule has 0 spiro atoms. The number of carbonyl (C=O) groups excluding carboxylic acids is 1. The highest BCUT2D eigenvalue weighted by Gasteiger charge is 2.23. The van der Waals surface area contributed by atoms with Crippen molar-refractivity contribution >= 4 is 6.03 Å². The second kappa shape index (κ2) is 8.18. The summed E-state index contributed by atoms with van der Waals surface area (Å²) >= 11 is 0. The number of aliphatic hydroxyl groups is 1. The number of rotatable bonds is 6. The van der Waals surface area contributed by atoms with Crippen molar-refractivity contribution < 1.29 is 9.90 Å². The van der Waals surface area contributed by atoms with E-state index in [9.17, 15) is 9.90 Å². The molecule has 2 amide bonds. The maximum Gasteiger partial charge on any atom is 0.315 e. The number of urea groups is 1. The van der Waals surface area contributed by atoms with Crippen LogP contribution in [0.1, 0.15) is 43.7 Å². The Hall–Kier alpha value is -1.55. The number of hydrogen-bond donors (Lipinski definition) is 3. The van der Waals surface area contributed by atoms with Crippen molar-refractivity contribution in [2.75, 3.05) is 6.54 Å². The standard InChI is InChI=1S/C18H28N2O2/c1-3-16(10-14-6-4-13(2)5-7-14)20-18(22)19-12-15-8-9-17(21)11-15/h4-7,15-17,21H,3,8-12H2,1-2H3,(H2,19,20,22)/t15-,16-,17-/m1/s1.